The van der Waals surface area contributed by atoms with E-state index in [1.165, 1.54) is 0 Å². The van der Waals surface area contributed by atoms with Gasteiger partial charge < -0.3 is 10.1 Å². The average molecular weight is 311 g/mol. The Labute approximate surface area is 133 Å². The van der Waals surface area contributed by atoms with E-state index in [1.54, 1.807) is 31.8 Å². The van der Waals surface area contributed by atoms with Gasteiger partial charge in [-0.1, -0.05) is 0 Å². The molecule has 7 heteroatoms. The molecule has 118 valence electrons. The van der Waals surface area contributed by atoms with Crippen molar-refractivity contribution in [2.24, 2.45) is 4.99 Å². The summed E-state index contributed by atoms with van der Waals surface area (Å²) in [5.74, 6) is 0.483. The van der Waals surface area contributed by atoms with Gasteiger partial charge in [-0.2, -0.15) is 0 Å². The largest absolute Gasteiger partial charge is 0.385 e. The van der Waals surface area contributed by atoms with Crippen molar-refractivity contribution in [3.8, 4) is 0 Å². The monoisotopic (exact) mass is 311 g/mol. The SMILES string of the molecule is COCCCNC(=O)Nc1ccc2ncc(C3=CN=C3)cc2n1. The first-order chi connectivity index (χ1) is 11.3. The summed E-state index contributed by atoms with van der Waals surface area (Å²) in [5, 5.41) is 5.47. The highest BCUT2D eigenvalue weighted by molar-refractivity contribution is 6.14. The van der Waals surface area contributed by atoms with Gasteiger partial charge >= 0.3 is 6.03 Å². The Bertz CT molecular complexity index is 785. The lowest BCUT2D eigenvalue weighted by Gasteiger charge is -2.09. The number of aliphatic imine (C=N–C) groups is 1. The molecule has 0 bridgehead atoms. The van der Waals surface area contributed by atoms with Crippen molar-refractivity contribution in [1.29, 1.82) is 0 Å². The van der Waals surface area contributed by atoms with Crippen molar-refractivity contribution in [3.63, 3.8) is 0 Å². The number of aromatic nitrogens is 2. The second kappa shape index (κ2) is 6.97. The number of methoxy groups -OCH3 is 1. The van der Waals surface area contributed by atoms with Crippen LogP contribution in [0.15, 0.2) is 35.6 Å². The van der Waals surface area contributed by atoms with E-state index in [4.69, 9.17) is 4.74 Å². The van der Waals surface area contributed by atoms with Crippen LogP contribution in [0.1, 0.15) is 12.0 Å². The van der Waals surface area contributed by atoms with Crippen LogP contribution in [0.25, 0.3) is 16.6 Å². The van der Waals surface area contributed by atoms with Gasteiger partial charge in [0.1, 0.15) is 5.82 Å². The number of nitrogens with zero attached hydrogens (tertiary/aromatic N) is 3. The Morgan fingerprint density at radius 1 is 1.30 bits per heavy atom. The summed E-state index contributed by atoms with van der Waals surface area (Å²) in [5.41, 5.74) is 3.48. The lowest BCUT2D eigenvalue weighted by molar-refractivity contribution is 0.194. The fourth-order valence-electron chi connectivity index (χ4n) is 2.11. The van der Waals surface area contributed by atoms with Crippen molar-refractivity contribution >= 4 is 34.7 Å². The van der Waals surface area contributed by atoms with Crippen molar-refractivity contribution in [3.05, 3.63) is 36.2 Å². The lowest BCUT2D eigenvalue weighted by atomic mass is 10.1. The highest BCUT2D eigenvalue weighted by Gasteiger charge is 2.08. The Balaban J connectivity index is 1.67. The topological polar surface area (TPSA) is 88.5 Å². The molecule has 2 amide bonds. The van der Waals surface area contributed by atoms with Crippen LogP contribution in [0.4, 0.5) is 10.6 Å². The highest BCUT2D eigenvalue weighted by Crippen LogP contribution is 2.21. The van der Waals surface area contributed by atoms with Gasteiger partial charge in [0.25, 0.3) is 0 Å². The number of pyridine rings is 2. The number of nitrogens with one attached hydrogen (secondary N) is 2. The van der Waals surface area contributed by atoms with Crippen LogP contribution in [-0.4, -0.2) is 42.5 Å². The van der Waals surface area contributed by atoms with E-state index >= 15 is 0 Å². The maximum Gasteiger partial charge on any atom is 0.320 e. The van der Waals surface area contributed by atoms with Gasteiger partial charge in [0, 0.05) is 50.0 Å². The molecule has 0 radical (unpaired) electrons. The number of urea groups is 1. The highest BCUT2D eigenvalue weighted by atomic mass is 16.5. The number of anilines is 1. The van der Waals surface area contributed by atoms with Crippen LogP contribution in [0.3, 0.4) is 0 Å². The number of hydrogen-bond donors (Lipinski definition) is 2. The van der Waals surface area contributed by atoms with Gasteiger partial charge in [-0.05, 0) is 24.6 Å². The maximum atomic E-state index is 11.8. The summed E-state index contributed by atoms with van der Waals surface area (Å²) in [6, 6.07) is 5.20. The van der Waals surface area contributed by atoms with Crippen LogP contribution >= 0.6 is 0 Å². The van der Waals surface area contributed by atoms with Crippen molar-refractivity contribution < 1.29 is 9.53 Å². The number of allylic oxidation sites excluding steroid dienone is 1. The maximum absolute atomic E-state index is 11.8. The van der Waals surface area contributed by atoms with Gasteiger partial charge in [0.05, 0.1) is 11.0 Å². The zero-order valence-electron chi connectivity index (χ0n) is 12.7. The zero-order valence-corrected chi connectivity index (χ0v) is 12.7. The first-order valence-corrected chi connectivity index (χ1v) is 7.30. The lowest BCUT2D eigenvalue weighted by Crippen LogP contribution is -2.30. The van der Waals surface area contributed by atoms with Crippen molar-refractivity contribution in [2.75, 3.05) is 25.6 Å². The molecule has 2 aromatic rings. The molecule has 1 aliphatic heterocycles. The molecule has 3 heterocycles. The Morgan fingerprint density at radius 3 is 2.91 bits per heavy atom. The molecule has 0 atom stereocenters. The van der Waals surface area contributed by atoms with E-state index in [0.29, 0.717) is 19.0 Å². The Morgan fingerprint density at radius 2 is 2.17 bits per heavy atom. The summed E-state index contributed by atoms with van der Waals surface area (Å²) < 4.78 is 4.93. The molecule has 3 rings (SSSR count). The molecule has 23 heavy (non-hydrogen) atoms. The van der Waals surface area contributed by atoms with Crippen LogP contribution in [0.5, 0.6) is 0 Å². The van der Waals surface area contributed by atoms with Gasteiger partial charge in [-0.15, -0.1) is 0 Å². The second-order valence-corrected chi connectivity index (χ2v) is 5.05. The number of carbonyl (C=O) groups is 1. The smallest absolute Gasteiger partial charge is 0.320 e. The number of amides is 2. The number of carbonyl (C=O) groups excluding carboxylic acids is 1. The fraction of sp³-hybridized carbons (Fsp3) is 0.250. The molecule has 0 fully saturated rings. The Kier molecular flexibility index (Phi) is 4.58. The van der Waals surface area contributed by atoms with Gasteiger partial charge in [0.15, 0.2) is 0 Å². The van der Waals surface area contributed by atoms with Gasteiger partial charge in [-0.3, -0.25) is 15.3 Å². The van der Waals surface area contributed by atoms with Gasteiger partial charge in [0.2, 0.25) is 0 Å². The standard InChI is InChI=1S/C16H17N5O2/c1-23-6-2-5-18-16(22)21-15-4-3-13-14(20-15)7-11(10-19-13)12-8-17-9-12/h3-4,7-10H,2,5-6H2,1H3,(H2,18,20,21,22). The third-order valence-corrected chi connectivity index (χ3v) is 3.35. The molecule has 0 spiro atoms. The molecule has 1 aliphatic rings. The number of rotatable bonds is 6. The molecule has 0 unspecified atom stereocenters. The summed E-state index contributed by atoms with van der Waals surface area (Å²) in [6.45, 7) is 1.16. The first-order valence-electron chi connectivity index (χ1n) is 7.30. The quantitative estimate of drug-likeness (QED) is 0.801. The average Bonchev–Trinajstić information content (AvgIpc) is 2.50. The molecule has 0 saturated carbocycles. The minimum atomic E-state index is -0.286. The zero-order chi connectivity index (χ0) is 16.1. The molecule has 0 aromatic carbocycles. The molecule has 2 N–H and O–H groups in total. The van der Waals surface area contributed by atoms with E-state index in [9.17, 15) is 4.79 Å². The normalized spacial score (nSPS) is 12.7. The van der Waals surface area contributed by atoms with Crippen LogP contribution < -0.4 is 10.6 Å². The second-order valence-electron chi connectivity index (χ2n) is 5.05. The van der Waals surface area contributed by atoms with Crippen molar-refractivity contribution in [1.82, 2.24) is 15.3 Å². The summed E-state index contributed by atoms with van der Waals surface area (Å²) in [6.07, 6.45) is 6.10. The molecule has 0 saturated heterocycles. The molecule has 7 nitrogen and oxygen atoms in total. The van der Waals surface area contributed by atoms with Crippen LogP contribution in [0.2, 0.25) is 0 Å². The number of ether oxygens (including phenoxy) is 1. The predicted octanol–water partition coefficient (Wildman–Crippen LogP) is 2.21. The first kappa shape index (κ1) is 15.1. The summed E-state index contributed by atoms with van der Waals surface area (Å²) >= 11 is 0. The van der Waals surface area contributed by atoms with E-state index in [1.807, 2.05) is 12.1 Å². The number of fused-ring (bicyclic) bond motifs is 1. The van der Waals surface area contributed by atoms with E-state index in [2.05, 4.69) is 25.6 Å². The molecular formula is C16H17N5O2. The van der Waals surface area contributed by atoms with Crippen LogP contribution in [0, 0.1) is 0 Å². The summed E-state index contributed by atoms with van der Waals surface area (Å²) in [4.78, 5) is 24.5. The third kappa shape index (κ3) is 3.70. The van der Waals surface area contributed by atoms with E-state index in [0.717, 1.165) is 28.6 Å². The van der Waals surface area contributed by atoms with Gasteiger partial charge in [-0.25, -0.2) is 9.78 Å². The fourth-order valence-corrected chi connectivity index (χ4v) is 2.11. The van der Waals surface area contributed by atoms with Crippen molar-refractivity contribution in [2.45, 2.75) is 6.42 Å². The summed E-state index contributed by atoms with van der Waals surface area (Å²) in [7, 11) is 1.63. The molecule has 0 aliphatic carbocycles. The van der Waals surface area contributed by atoms with Crippen LogP contribution in [-0.2, 0) is 4.74 Å². The third-order valence-electron chi connectivity index (χ3n) is 3.35. The van der Waals surface area contributed by atoms with E-state index < -0.39 is 0 Å². The minimum absolute atomic E-state index is 0.286. The molecular weight excluding hydrogens is 294 g/mol. The molecule has 2 aromatic heterocycles. The predicted molar refractivity (Wildman–Crippen MR) is 89.5 cm³/mol. The van der Waals surface area contributed by atoms with E-state index in [-0.39, 0.29) is 6.03 Å². The number of hydrogen-bond acceptors (Lipinski definition) is 5. The minimum Gasteiger partial charge on any atom is -0.385 e. The Hall–Kier alpha value is -2.80.